The lowest BCUT2D eigenvalue weighted by Gasteiger charge is -2.09. The van der Waals surface area contributed by atoms with Crippen LogP contribution in [0.15, 0.2) is 36.4 Å². The summed E-state index contributed by atoms with van der Waals surface area (Å²) >= 11 is 0.789. The highest BCUT2D eigenvalue weighted by Gasteiger charge is 2.17. The molecule has 0 spiro atoms. The molecule has 0 fully saturated rings. The Hall–Kier alpha value is -2.41. The molecule has 0 aliphatic carbocycles. The number of halogens is 2. The van der Waals surface area contributed by atoms with E-state index in [9.17, 15) is 23.5 Å². The zero-order valence-electron chi connectivity index (χ0n) is 11.3. The molecule has 1 N–H and O–H groups in total. The molecule has 0 bridgehead atoms. The number of carbonyl (C=O) groups excluding carboxylic acids is 1. The van der Waals surface area contributed by atoms with Crippen LogP contribution in [0.2, 0.25) is 0 Å². The fraction of sp³-hybridized carbons (Fsp3) is 0.0667. The molecule has 0 saturated heterocycles. The number of carboxylic acid groups (broad SMARTS) is 1. The summed E-state index contributed by atoms with van der Waals surface area (Å²) in [4.78, 5) is 22.5. The molecule has 0 aromatic heterocycles. The average Bonchev–Trinajstić information content (AvgIpc) is 2.47. The predicted octanol–water partition coefficient (Wildman–Crippen LogP) is 4.19. The van der Waals surface area contributed by atoms with E-state index < -0.39 is 22.9 Å². The number of ether oxygens (including phenoxy) is 1. The van der Waals surface area contributed by atoms with Crippen molar-refractivity contribution in [3.05, 3.63) is 53.6 Å². The Morgan fingerprint density at radius 3 is 2.45 bits per heavy atom. The minimum Gasteiger partial charge on any atom is -0.478 e. The van der Waals surface area contributed by atoms with Crippen LogP contribution in [-0.2, 0) is 0 Å². The van der Waals surface area contributed by atoms with Gasteiger partial charge in [-0.05, 0) is 47.8 Å². The highest BCUT2D eigenvalue weighted by Crippen LogP contribution is 2.29. The SMILES string of the molecule is CSC(=O)Oc1ccc(-c2ccc(F)cc2F)cc1C(=O)O. The quantitative estimate of drug-likeness (QED) is 0.858. The van der Waals surface area contributed by atoms with Crippen LogP contribution in [0.5, 0.6) is 5.75 Å². The van der Waals surface area contributed by atoms with Crippen molar-refractivity contribution in [3.63, 3.8) is 0 Å². The molecular formula is C15H10F2O4S. The van der Waals surface area contributed by atoms with Crippen LogP contribution < -0.4 is 4.74 Å². The number of aromatic carboxylic acids is 1. The second-order valence-electron chi connectivity index (χ2n) is 4.20. The molecule has 2 aromatic carbocycles. The summed E-state index contributed by atoms with van der Waals surface area (Å²) in [5, 5.41) is 8.52. The molecule has 22 heavy (non-hydrogen) atoms. The number of rotatable bonds is 3. The van der Waals surface area contributed by atoms with E-state index >= 15 is 0 Å². The topological polar surface area (TPSA) is 63.6 Å². The Bertz CT molecular complexity index is 746. The Kier molecular flexibility index (Phi) is 4.77. The van der Waals surface area contributed by atoms with E-state index in [0.717, 1.165) is 17.8 Å². The first-order valence-electron chi connectivity index (χ1n) is 6.01. The maximum Gasteiger partial charge on any atom is 0.372 e. The van der Waals surface area contributed by atoms with Crippen molar-refractivity contribution in [3.8, 4) is 16.9 Å². The van der Waals surface area contributed by atoms with Gasteiger partial charge in [0.2, 0.25) is 0 Å². The molecular weight excluding hydrogens is 314 g/mol. The molecule has 0 amide bonds. The third kappa shape index (κ3) is 3.43. The summed E-state index contributed by atoms with van der Waals surface area (Å²) in [5.74, 6) is -3.01. The van der Waals surface area contributed by atoms with E-state index in [1.54, 1.807) is 0 Å². The summed E-state index contributed by atoms with van der Waals surface area (Å²) < 4.78 is 31.6. The van der Waals surface area contributed by atoms with E-state index in [-0.39, 0.29) is 22.4 Å². The summed E-state index contributed by atoms with van der Waals surface area (Å²) in [6, 6.07) is 6.81. The van der Waals surface area contributed by atoms with Crippen LogP contribution in [0, 0.1) is 11.6 Å². The van der Waals surface area contributed by atoms with Gasteiger partial charge in [0.15, 0.2) is 0 Å². The Labute approximate surface area is 128 Å². The Morgan fingerprint density at radius 1 is 1.14 bits per heavy atom. The first-order chi connectivity index (χ1) is 10.4. The van der Waals surface area contributed by atoms with Crippen molar-refractivity contribution in [1.82, 2.24) is 0 Å². The first kappa shape index (κ1) is 16.0. The normalized spacial score (nSPS) is 10.3. The largest absolute Gasteiger partial charge is 0.478 e. The van der Waals surface area contributed by atoms with E-state index in [0.29, 0.717) is 6.07 Å². The van der Waals surface area contributed by atoms with E-state index in [4.69, 9.17) is 4.74 Å². The van der Waals surface area contributed by atoms with Gasteiger partial charge >= 0.3 is 11.3 Å². The molecule has 0 radical (unpaired) electrons. The zero-order valence-corrected chi connectivity index (χ0v) is 12.1. The lowest BCUT2D eigenvalue weighted by molar-refractivity contribution is 0.0694. The van der Waals surface area contributed by atoms with Crippen LogP contribution in [0.4, 0.5) is 13.6 Å². The fourth-order valence-electron chi connectivity index (χ4n) is 1.81. The molecule has 0 aliphatic heterocycles. The molecule has 4 nitrogen and oxygen atoms in total. The third-order valence-corrected chi connectivity index (χ3v) is 3.23. The summed E-state index contributed by atoms with van der Waals surface area (Å²) in [6.45, 7) is 0. The van der Waals surface area contributed by atoms with Crippen LogP contribution >= 0.6 is 11.8 Å². The minimum atomic E-state index is -1.33. The van der Waals surface area contributed by atoms with Gasteiger partial charge in [0.05, 0.1) is 0 Å². The molecule has 0 unspecified atom stereocenters. The van der Waals surface area contributed by atoms with Crippen molar-refractivity contribution in [2.24, 2.45) is 0 Å². The first-order valence-corrected chi connectivity index (χ1v) is 7.23. The minimum absolute atomic E-state index is 0.0478. The predicted molar refractivity (Wildman–Crippen MR) is 78.3 cm³/mol. The van der Waals surface area contributed by atoms with Gasteiger partial charge in [0.25, 0.3) is 0 Å². The summed E-state index contributed by atoms with van der Waals surface area (Å²) in [6.07, 6.45) is 1.49. The van der Waals surface area contributed by atoms with Crippen molar-refractivity contribution < 1.29 is 28.2 Å². The Morgan fingerprint density at radius 2 is 1.86 bits per heavy atom. The lowest BCUT2D eigenvalue weighted by Crippen LogP contribution is -2.06. The lowest BCUT2D eigenvalue weighted by atomic mass is 10.0. The number of carbonyl (C=O) groups is 2. The van der Waals surface area contributed by atoms with Gasteiger partial charge in [-0.15, -0.1) is 0 Å². The second kappa shape index (κ2) is 6.57. The summed E-state index contributed by atoms with van der Waals surface area (Å²) in [7, 11) is 0. The molecule has 7 heteroatoms. The smallest absolute Gasteiger partial charge is 0.372 e. The average molecular weight is 324 g/mol. The van der Waals surface area contributed by atoms with E-state index in [1.165, 1.54) is 30.5 Å². The van der Waals surface area contributed by atoms with Crippen molar-refractivity contribution in [2.45, 2.75) is 0 Å². The Balaban J connectivity index is 2.49. The maximum atomic E-state index is 13.8. The van der Waals surface area contributed by atoms with Gasteiger partial charge in [0.1, 0.15) is 22.9 Å². The number of thioether (sulfide) groups is 1. The molecule has 0 heterocycles. The molecule has 2 aromatic rings. The van der Waals surface area contributed by atoms with Crippen LogP contribution in [-0.4, -0.2) is 22.6 Å². The second-order valence-corrected chi connectivity index (χ2v) is 4.94. The van der Waals surface area contributed by atoms with Crippen molar-refractivity contribution in [2.75, 3.05) is 6.26 Å². The van der Waals surface area contributed by atoms with E-state index in [2.05, 4.69) is 0 Å². The number of benzene rings is 2. The standard InChI is InChI=1S/C15H10F2O4S/c1-22-15(20)21-13-5-2-8(6-11(13)14(18)19)10-4-3-9(16)7-12(10)17/h2-7H,1H3,(H,18,19). The molecule has 2 rings (SSSR count). The van der Waals surface area contributed by atoms with Gasteiger partial charge in [-0.25, -0.2) is 18.4 Å². The third-order valence-electron chi connectivity index (χ3n) is 2.81. The van der Waals surface area contributed by atoms with E-state index in [1.807, 2.05) is 0 Å². The zero-order chi connectivity index (χ0) is 16.3. The van der Waals surface area contributed by atoms with Crippen LogP contribution in [0.1, 0.15) is 10.4 Å². The van der Waals surface area contributed by atoms with Crippen LogP contribution in [0.3, 0.4) is 0 Å². The summed E-state index contributed by atoms with van der Waals surface area (Å²) in [5.41, 5.74) is -0.00545. The van der Waals surface area contributed by atoms with Gasteiger partial charge in [0, 0.05) is 11.6 Å². The molecule has 114 valence electrons. The number of hydrogen-bond acceptors (Lipinski definition) is 4. The van der Waals surface area contributed by atoms with Crippen molar-refractivity contribution >= 4 is 23.0 Å². The van der Waals surface area contributed by atoms with Gasteiger partial charge in [-0.3, -0.25) is 0 Å². The monoisotopic (exact) mass is 324 g/mol. The van der Waals surface area contributed by atoms with Crippen molar-refractivity contribution in [1.29, 1.82) is 0 Å². The number of carboxylic acids is 1. The van der Waals surface area contributed by atoms with Gasteiger partial charge < -0.3 is 9.84 Å². The fourth-order valence-corrected chi connectivity index (χ4v) is 1.98. The maximum absolute atomic E-state index is 13.8. The van der Waals surface area contributed by atoms with Gasteiger partial charge in [-0.2, -0.15) is 0 Å². The van der Waals surface area contributed by atoms with Gasteiger partial charge in [-0.1, -0.05) is 6.07 Å². The van der Waals surface area contributed by atoms with Crippen LogP contribution in [0.25, 0.3) is 11.1 Å². The highest BCUT2D eigenvalue weighted by atomic mass is 32.2. The molecule has 0 saturated carbocycles. The number of hydrogen-bond donors (Lipinski definition) is 1. The highest BCUT2D eigenvalue weighted by molar-refractivity contribution is 8.12. The molecule has 0 aliphatic rings. The molecule has 0 atom stereocenters.